The summed E-state index contributed by atoms with van der Waals surface area (Å²) in [6, 6.07) is 4.12. The minimum Gasteiger partial charge on any atom is -0.448 e. The molecule has 8 nitrogen and oxygen atoms in total. The quantitative estimate of drug-likeness (QED) is 0.635. The second-order valence-corrected chi connectivity index (χ2v) is 10.3. The van der Waals surface area contributed by atoms with Gasteiger partial charge in [-0.25, -0.2) is 15.0 Å². The second kappa shape index (κ2) is 7.85. The van der Waals surface area contributed by atoms with Gasteiger partial charge in [-0.3, -0.25) is 4.79 Å². The lowest BCUT2D eigenvalue weighted by Crippen LogP contribution is -2.44. The maximum atomic E-state index is 12.9. The van der Waals surface area contributed by atoms with E-state index < -0.39 is 0 Å². The number of oxazole rings is 1. The number of anilines is 1. The lowest BCUT2D eigenvalue weighted by molar-refractivity contribution is -0.134. The van der Waals surface area contributed by atoms with Crippen LogP contribution in [0.1, 0.15) is 75.7 Å². The molecule has 1 atom stereocenters. The van der Waals surface area contributed by atoms with Crippen LogP contribution in [0.25, 0.3) is 11.2 Å². The zero-order valence-corrected chi connectivity index (χ0v) is 19.5. The summed E-state index contributed by atoms with van der Waals surface area (Å²) in [5, 5.41) is 0. The van der Waals surface area contributed by atoms with Crippen LogP contribution in [0.4, 0.5) is 5.82 Å². The number of hydrogen-bond acceptors (Lipinski definition) is 6. The van der Waals surface area contributed by atoms with E-state index in [-0.39, 0.29) is 17.3 Å². The number of piperidine rings is 1. The van der Waals surface area contributed by atoms with Crippen molar-refractivity contribution in [2.45, 2.75) is 63.7 Å². The Morgan fingerprint density at radius 2 is 1.94 bits per heavy atom. The fourth-order valence-electron chi connectivity index (χ4n) is 5.38. The summed E-state index contributed by atoms with van der Waals surface area (Å²) >= 11 is 0. The van der Waals surface area contributed by atoms with Crippen molar-refractivity contribution >= 4 is 22.9 Å². The van der Waals surface area contributed by atoms with Crippen molar-refractivity contribution in [3.05, 3.63) is 35.8 Å². The standard InChI is InChI=1S/C25H32N6O2/c1-16(2)22-27-19(15-33-22)25(9-10-25)24-26-18-7-8-20(28-21(18)29-24)31-13-5-6-17(14-31)23(32)30-11-3-4-12-30/h7-8,15-17H,3-6,9-14H2,1-2H3,(H,26,28,29). The summed E-state index contributed by atoms with van der Waals surface area (Å²) in [5.41, 5.74) is 2.45. The van der Waals surface area contributed by atoms with Crippen LogP contribution in [0, 0.1) is 5.92 Å². The number of nitrogens with zero attached hydrogens (tertiary/aromatic N) is 5. The average molecular weight is 449 g/mol. The fourth-order valence-corrected chi connectivity index (χ4v) is 5.38. The first-order valence-electron chi connectivity index (χ1n) is 12.4. The molecule has 174 valence electrons. The molecule has 0 bridgehead atoms. The molecule has 3 aromatic rings. The van der Waals surface area contributed by atoms with Gasteiger partial charge < -0.3 is 19.2 Å². The van der Waals surface area contributed by atoms with Gasteiger partial charge in [0.1, 0.15) is 17.9 Å². The topological polar surface area (TPSA) is 91.2 Å². The Hall–Kier alpha value is -2.90. The van der Waals surface area contributed by atoms with Crippen LogP contribution in [-0.4, -0.2) is 56.9 Å². The third-order valence-electron chi connectivity index (χ3n) is 7.55. The van der Waals surface area contributed by atoms with E-state index in [1.807, 2.05) is 0 Å². The van der Waals surface area contributed by atoms with Crippen LogP contribution < -0.4 is 4.90 Å². The highest BCUT2D eigenvalue weighted by Crippen LogP contribution is 2.52. The molecule has 1 amide bonds. The first-order valence-corrected chi connectivity index (χ1v) is 12.4. The smallest absolute Gasteiger partial charge is 0.227 e. The number of H-pyrrole nitrogens is 1. The zero-order valence-electron chi connectivity index (χ0n) is 19.5. The molecule has 3 fully saturated rings. The Labute approximate surface area is 193 Å². The summed E-state index contributed by atoms with van der Waals surface area (Å²) in [6.45, 7) is 7.69. The van der Waals surface area contributed by atoms with Crippen LogP contribution >= 0.6 is 0 Å². The van der Waals surface area contributed by atoms with Crippen LogP contribution in [0.15, 0.2) is 22.8 Å². The van der Waals surface area contributed by atoms with E-state index in [4.69, 9.17) is 19.4 Å². The number of fused-ring (bicyclic) bond motifs is 1. The summed E-state index contributed by atoms with van der Waals surface area (Å²) in [7, 11) is 0. The van der Waals surface area contributed by atoms with Gasteiger partial charge in [0.25, 0.3) is 0 Å². The number of imidazole rings is 1. The first-order chi connectivity index (χ1) is 16.0. The number of carbonyl (C=O) groups is 1. The number of carbonyl (C=O) groups excluding carboxylic acids is 1. The third kappa shape index (κ3) is 3.60. The minimum atomic E-state index is -0.185. The Morgan fingerprint density at radius 3 is 2.67 bits per heavy atom. The molecule has 1 saturated carbocycles. The highest BCUT2D eigenvalue weighted by Gasteiger charge is 2.51. The number of rotatable bonds is 5. The maximum absolute atomic E-state index is 12.9. The molecule has 3 aromatic heterocycles. The van der Waals surface area contributed by atoms with E-state index in [2.05, 4.69) is 40.8 Å². The zero-order chi connectivity index (χ0) is 22.6. The van der Waals surface area contributed by atoms with Crippen molar-refractivity contribution in [2.24, 2.45) is 5.92 Å². The molecule has 8 heteroatoms. The number of pyridine rings is 1. The molecule has 1 N–H and O–H groups in total. The third-order valence-corrected chi connectivity index (χ3v) is 7.55. The van der Waals surface area contributed by atoms with Gasteiger partial charge >= 0.3 is 0 Å². The molecule has 0 spiro atoms. The predicted octanol–water partition coefficient (Wildman–Crippen LogP) is 3.99. The van der Waals surface area contributed by atoms with Crippen molar-refractivity contribution in [3.63, 3.8) is 0 Å². The number of aromatic amines is 1. The van der Waals surface area contributed by atoms with Crippen molar-refractivity contribution in [3.8, 4) is 0 Å². The van der Waals surface area contributed by atoms with Gasteiger partial charge in [0.05, 0.1) is 22.5 Å². The molecule has 5 heterocycles. The Balaban J connectivity index is 1.23. The number of likely N-dealkylation sites (tertiary alicyclic amines) is 1. The molecular weight excluding hydrogens is 416 g/mol. The molecule has 2 aliphatic heterocycles. The van der Waals surface area contributed by atoms with E-state index in [1.54, 1.807) is 6.26 Å². The van der Waals surface area contributed by atoms with Gasteiger partial charge in [-0.05, 0) is 50.7 Å². The lowest BCUT2D eigenvalue weighted by atomic mass is 9.96. The summed E-state index contributed by atoms with van der Waals surface area (Å²) in [4.78, 5) is 35.3. The van der Waals surface area contributed by atoms with Gasteiger partial charge in [-0.1, -0.05) is 13.8 Å². The molecule has 1 unspecified atom stereocenters. The number of hydrogen-bond donors (Lipinski definition) is 1. The van der Waals surface area contributed by atoms with E-state index >= 15 is 0 Å². The molecule has 6 rings (SSSR count). The highest BCUT2D eigenvalue weighted by molar-refractivity contribution is 5.80. The Bertz CT molecular complexity index is 1170. The molecular formula is C25H32N6O2. The van der Waals surface area contributed by atoms with Crippen molar-refractivity contribution in [1.29, 1.82) is 0 Å². The minimum absolute atomic E-state index is 0.0705. The first kappa shape index (κ1) is 20.7. The molecule has 2 saturated heterocycles. The van der Waals surface area contributed by atoms with E-state index in [0.717, 1.165) is 99.1 Å². The van der Waals surface area contributed by atoms with Gasteiger partial charge in [0, 0.05) is 32.1 Å². The molecule has 3 aliphatic rings. The number of aromatic nitrogens is 4. The highest BCUT2D eigenvalue weighted by atomic mass is 16.3. The van der Waals surface area contributed by atoms with E-state index in [1.165, 1.54) is 0 Å². The second-order valence-electron chi connectivity index (χ2n) is 10.3. The normalized spacial score (nSPS) is 22.5. The summed E-state index contributed by atoms with van der Waals surface area (Å²) < 4.78 is 5.71. The van der Waals surface area contributed by atoms with Crippen molar-refractivity contribution in [2.75, 3.05) is 31.1 Å². The Kier molecular flexibility index (Phi) is 4.92. The maximum Gasteiger partial charge on any atom is 0.227 e. The van der Waals surface area contributed by atoms with Gasteiger partial charge in [0.2, 0.25) is 5.91 Å². The van der Waals surface area contributed by atoms with Gasteiger partial charge in [0.15, 0.2) is 11.5 Å². The largest absolute Gasteiger partial charge is 0.448 e. The van der Waals surface area contributed by atoms with Crippen LogP contribution in [0.2, 0.25) is 0 Å². The fraction of sp³-hybridized carbons (Fsp3) is 0.600. The molecule has 1 aliphatic carbocycles. The molecule has 0 radical (unpaired) electrons. The van der Waals surface area contributed by atoms with Crippen molar-refractivity contribution < 1.29 is 9.21 Å². The number of nitrogens with one attached hydrogen (secondary N) is 1. The van der Waals surface area contributed by atoms with Crippen LogP contribution in [0.5, 0.6) is 0 Å². The van der Waals surface area contributed by atoms with Crippen LogP contribution in [-0.2, 0) is 10.2 Å². The predicted molar refractivity (Wildman–Crippen MR) is 125 cm³/mol. The van der Waals surface area contributed by atoms with Gasteiger partial charge in [-0.2, -0.15) is 0 Å². The van der Waals surface area contributed by atoms with E-state index in [9.17, 15) is 4.79 Å². The summed E-state index contributed by atoms with van der Waals surface area (Å²) in [5.74, 6) is 3.26. The van der Waals surface area contributed by atoms with E-state index in [0.29, 0.717) is 5.91 Å². The van der Waals surface area contributed by atoms with Gasteiger partial charge in [-0.15, -0.1) is 0 Å². The average Bonchev–Trinajstić information content (AvgIpc) is 3.26. The summed E-state index contributed by atoms with van der Waals surface area (Å²) in [6.07, 6.45) is 8.07. The molecule has 33 heavy (non-hydrogen) atoms. The van der Waals surface area contributed by atoms with Crippen molar-refractivity contribution in [1.82, 2.24) is 24.8 Å². The Morgan fingerprint density at radius 1 is 1.12 bits per heavy atom. The molecule has 0 aromatic carbocycles. The number of amides is 1. The SMILES string of the molecule is CC(C)c1nc(C2(c3nc4nc(N5CCCC(C(=O)N6CCCC6)C5)ccc4[nH]3)CC2)co1. The monoisotopic (exact) mass is 448 g/mol. The van der Waals surface area contributed by atoms with Crippen LogP contribution in [0.3, 0.4) is 0 Å². The lowest BCUT2D eigenvalue weighted by Gasteiger charge is -2.34.